The maximum atomic E-state index is 13.1. The van der Waals surface area contributed by atoms with Crippen molar-refractivity contribution in [3.8, 4) is 11.1 Å². The van der Waals surface area contributed by atoms with Crippen LogP contribution in [0, 0.1) is 0 Å². The number of pyridine rings is 1. The normalized spacial score (nSPS) is 10.6. The smallest absolute Gasteiger partial charge is 0.337 e. The number of fused-ring (bicyclic) bond motifs is 1. The van der Waals surface area contributed by atoms with Crippen LogP contribution >= 0.6 is 0 Å². The molecule has 4 rings (SSSR count). The van der Waals surface area contributed by atoms with E-state index in [0.29, 0.717) is 5.56 Å². The fourth-order valence-corrected chi connectivity index (χ4v) is 3.26. The number of ketones is 1. The van der Waals surface area contributed by atoms with E-state index in [0.717, 1.165) is 11.1 Å². The summed E-state index contributed by atoms with van der Waals surface area (Å²) in [5, 5.41) is 11.7. The second-order valence-corrected chi connectivity index (χ2v) is 6.40. The minimum atomic E-state index is -1.19. The number of anilines is 1. The number of benzene rings is 2. The van der Waals surface area contributed by atoms with E-state index in [4.69, 9.17) is 0 Å². The highest BCUT2D eigenvalue weighted by Crippen LogP contribution is 2.28. The van der Waals surface area contributed by atoms with E-state index >= 15 is 0 Å². The van der Waals surface area contributed by atoms with Gasteiger partial charge in [0.2, 0.25) is 0 Å². The first-order chi connectivity index (χ1) is 14.1. The molecule has 29 heavy (non-hydrogen) atoms. The number of carbonyl (C=O) groups excluding carboxylic acids is 2. The Labute approximate surface area is 166 Å². The van der Waals surface area contributed by atoms with Crippen molar-refractivity contribution in [1.29, 1.82) is 0 Å². The van der Waals surface area contributed by atoms with Crippen LogP contribution in [0.15, 0.2) is 85.1 Å². The molecule has 0 aliphatic rings. The molecule has 0 saturated carbocycles. The third-order valence-corrected chi connectivity index (χ3v) is 4.59. The van der Waals surface area contributed by atoms with Crippen molar-refractivity contribution in [2.75, 3.05) is 5.32 Å². The van der Waals surface area contributed by atoms with Gasteiger partial charge in [0.25, 0.3) is 11.7 Å². The summed E-state index contributed by atoms with van der Waals surface area (Å²) in [6, 6.07) is 22.6. The van der Waals surface area contributed by atoms with Gasteiger partial charge in [0.1, 0.15) is 5.69 Å². The quantitative estimate of drug-likeness (QED) is 0.400. The third kappa shape index (κ3) is 3.39. The molecule has 0 aliphatic carbocycles. The van der Waals surface area contributed by atoms with Crippen LogP contribution in [0.5, 0.6) is 0 Å². The molecule has 0 radical (unpaired) electrons. The Balaban J connectivity index is 1.78. The summed E-state index contributed by atoms with van der Waals surface area (Å²) in [6.45, 7) is 0. The number of rotatable bonds is 5. The molecule has 4 aromatic rings. The lowest BCUT2D eigenvalue weighted by Crippen LogP contribution is -2.25. The highest BCUT2D eigenvalue weighted by Gasteiger charge is 2.25. The lowest BCUT2D eigenvalue weighted by atomic mass is 10.0. The summed E-state index contributed by atoms with van der Waals surface area (Å²) >= 11 is 0. The zero-order valence-electron chi connectivity index (χ0n) is 15.2. The molecule has 1 amide bonds. The first kappa shape index (κ1) is 18.2. The van der Waals surface area contributed by atoms with Gasteiger partial charge in [0, 0.05) is 17.3 Å². The van der Waals surface area contributed by atoms with Crippen molar-refractivity contribution in [2.45, 2.75) is 0 Å². The molecule has 0 aliphatic heterocycles. The summed E-state index contributed by atoms with van der Waals surface area (Å²) in [6.07, 6.45) is 1.72. The van der Waals surface area contributed by atoms with Crippen molar-refractivity contribution < 1.29 is 19.5 Å². The van der Waals surface area contributed by atoms with Gasteiger partial charge in [0.15, 0.2) is 0 Å². The highest BCUT2D eigenvalue weighted by atomic mass is 16.4. The molecule has 0 saturated heterocycles. The Bertz CT molecular complexity index is 1240. The molecule has 0 unspecified atom stereocenters. The van der Waals surface area contributed by atoms with E-state index in [2.05, 4.69) is 5.32 Å². The Kier molecular flexibility index (Phi) is 4.66. The molecule has 0 spiro atoms. The molecule has 2 aromatic carbocycles. The number of para-hydroxylation sites is 1. The van der Waals surface area contributed by atoms with Gasteiger partial charge in [-0.15, -0.1) is 0 Å². The van der Waals surface area contributed by atoms with Crippen LogP contribution in [0.4, 0.5) is 5.69 Å². The van der Waals surface area contributed by atoms with Gasteiger partial charge in [-0.05, 0) is 35.9 Å². The topological polar surface area (TPSA) is 87.9 Å². The van der Waals surface area contributed by atoms with E-state index in [1.165, 1.54) is 12.1 Å². The van der Waals surface area contributed by atoms with E-state index in [1.54, 1.807) is 28.8 Å². The summed E-state index contributed by atoms with van der Waals surface area (Å²) < 4.78 is 1.66. The minimum absolute atomic E-state index is 0.0699. The average Bonchev–Trinajstić information content (AvgIpc) is 3.13. The number of aromatic nitrogens is 1. The van der Waals surface area contributed by atoms with Gasteiger partial charge in [-0.2, -0.15) is 0 Å². The second kappa shape index (κ2) is 7.44. The molecule has 6 nitrogen and oxygen atoms in total. The van der Waals surface area contributed by atoms with Crippen LogP contribution in [-0.2, 0) is 4.79 Å². The molecular weight excluding hydrogens is 368 g/mol. The van der Waals surface area contributed by atoms with Crippen molar-refractivity contribution in [2.24, 2.45) is 0 Å². The van der Waals surface area contributed by atoms with Gasteiger partial charge in [-0.3, -0.25) is 9.59 Å². The lowest BCUT2D eigenvalue weighted by Gasteiger charge is -2.09. The van der Waals surface area contributed by atoms with Crippen molar-refractivity contribution in [3.05, 3.63) is 96.3 Å². The van der Waals surface area contributed by atoms with Gasteiger partial charge >= 0.3 is 5.97 Å². The van der Waals surface area contributed by atoms with E-state index < -0.39 is 17.7 Å². The molecular formula is C23H16N2O4. The van der Waals surface area contributed by atoms with Crippen LogP contribution in [0.2, 0.25) is 0 Å². The fraction of sp³-hybridized carbons (Fsp3) is 0. The minimum Gasteiger partial charge on any atom is -0.478 e. The maximum Gasteiger partial charge on any atom is 0.337 e. The van der Waals surface area contributed by atoms with Crippen molar-refractivity contribution >= 4 is 28.9 Å². The molecule has 2 heterocycles. The Morgan fingerprint density at radius 3 is 2.28 bits per heavy atom. The number of hydrogen-bond donors (Lipinski definition) is 2. The number of carboxylic acid groups (broad SMARTS) is 1. The van der Waals surface area contributed by atoms with E-state index in [-0.39, 0.29) is 16.9 Å². The number of carbonyl (C=O) groups is 3. The number of aromatic carboxylic acids is 1. The predicted octanol–water partition coefficient (Wildman–Crippen LogP) is 4.13. The van der Waals surface area contributed by atoms with E-state index in [9.17, 15) is 19.5 Å². The number of amides is 1. The van der Waals surface area contributed by atoms with Crippen LogP contribution in [0.3, 0.4) is 0 Å². The number of hydrogen-bond acceptors (Lipinski definition) is 3. The Morgan fingerprint density at radius 2 is 1.52 bits per heavy atom. The van der Waals surface area contributed by atoms with Crippen LogP contribution < -0.4 is 5.32 Å². The Morgan fingerprint density at radius 1 is 0.828 bits per heavy atom. The van der Waals surface area contributed by atoms with Crippen molar-refractivity contribution in [1.82, 2.24) is 4.40 Å². The Hall–Kier alpha value is -4.19. The second-order valence-electron chi connectivity index (χ2n) is 6.40. The number of nitrogens with zero attached hydrogens (tertiary/aromatic N) is 1. The van der Waals surface area contributed by atoms with E-state index in [1.807, 2.05) is 48.5 Å². The van der Waals surface area contributed by atoms with Crippen LogP contribution in [0.25, 0.3) is 16.6 Å². The number of carboxylic acids is 1. The molecule has 0 bridgehead atoms. The van der Waals surface area contributed by atoms with Gasteiger partial charge in [-0.25, -0.2) is 4.79 Å². The zero-order valence-corrected chi connectivity index (χ0v) is 15.2. The molecule has 0 atom stereocenters. The molecule has 6 heteroatoms. The largest absolute Gasteiger partial charge is 0.478 e. The fourth-order valence-electron chi connectivity index (χ4n) is 3.26. The monoisotopic (exact) mass is 384 g/mol. The zero-order chi connectivity index (χ0) is 20.4. The van der Waals surface area contributed by atoms with Crippen LogP contribution in [0.1, 0.15) is 20.8 Å². The summed E-state index contributed by atoms with van der Waals surface area (Å²) in [5.74, 6) is -2.85. The first-order valence-electron chi connectivity index (χ1n) is 8.90. The predicted molar refractivity (Wildman–Crippen MR) is 109 cm³/mol. The van der Waals surface area contributed by atoms with Gasteiger partial charge in [-0.1, -0.05) is 48.5 Å². The lowest BCUT2D eigenvalue weighted by molar-refractivity contribution is -0.112. The average molecular weight is 384 g/mol. The maximum absolute atomic E-state index is 13.1. The van der Waals surface area contributed by atoms with Crippen LogP contribution in [-0.4, -0.2) is 27.2 Å². The highest BCUT2D eigenvalue weighted by molar-refractivity contribution is 6.47. The molecule has 2 N–H and O–H groups in total. The molecule has 0 fully saturated rings. The summed E-state index contributed by atoms with van der Waals surface area (Å²) in [4.78, 5) is 37.2. The van der Waals surface area contributed by atoms with Crippen molar-refractivity contribution in [3.63, 3.8) is 0 Å². The third-order valence-electron chi connectivity index (χ3n) is 4.59. The standard InChI is InChI=1S/C23H16N2O4/c26-21(22(27)24-19-12-5-4-11-17(19)23(28)29)20-18(15-8-2-1-3-9-15)14-16-10-6-7-13-25(16)20/h1-14H,(H,24,27)(H,28,29). The first-order valence-corrected chi connectivity index (χ1v) is 8.90. The molecule has 142 valence electrons. The summed E-state index contributed by atoms with van der Waals surface area (Å²) in [7, 11) is 0. The summed E-state index contributed by atoms with van der Waals surface area (Å²) in [5.41, 5.74) is 2.41. The number of Topliss-reactive ketones (excluding diaryl/α,β-unsaturated/α-hetero) is 1. The SMILES string of the molecule is O=C(Nc1ccccc1C(=O)O)C(=O)c1c(-c2ccccc2)cc2ccccn12. The number of nitrogens with one attached hydrogen (secondary N) is 1. The molecule has 2 aromatic heterocycles. The van der Waals surface area contributed by atoms with Gasteiger partial charge < -0.3 is 14.8 Å². The van der Waals surface area contributed by atoms with Gasteiger partial charge in [0.05, 0.1) is 11.3 Å².